The number of aromatic nitrogens is 3. The number of sulfonamides is 1. The molecule has 1 aromatic heterocycles. The van der Waals surface area contributed by atoms with Gasteiger partial charge in [-0.2, -0.15) is 9.40 Å². The molecule has 0 fully saturated rings. The van der Waals surface area contributed by atoms with Crippen LogP contribution in [0.5, 0.6) is 0 Å². The van der Waals surface area contributed by atoms with Crippen LogP contribution in [-0.4, -0.2) is 39.6 Å². The lowest BCUT2D eigenvalue weighted by atomic mass is 10.6. The van der Waals surface area contributed by atoms with Gasteiger partial charge >= 0.3 is 0 Å². The molecule has 0 unspecified atom stereocenters. The Hall–Kier alpha value is -0.470. The summed E-state index contributed by atoms with van der Waals surface area (Å²) in [5, 5.41) is 6.50. The number of halogens is 1. The highest BCUT2D eigenvalue weighted by atomic mass is 79.9. The summed E-state index contributed by atoms with van der Waals surface area (Å²) in [7, 11) is -1.74. The number of alkyl halides is 1. The summed E-state index contributed by atoms with van der Waals surface area (Å²) in [5.41, 5.74) is 0. The van der Waals surface area contributed by atoms with E-state index in [4.69, 9.17) is 0 Å². The number of hydrogen-bond donors (Lipinski definition) is 1. The fraction of sp³-hybridized carbons (Fsp3) is 0.667. The van der Waals surface area contributed by atoms with Crippen LogP contribution in [0.4, 0.5) is 0 Å². The van der Waals surface area contributed by atoms with Crippen molar-refractivity contribution in [3.05, 3.63) is 11.6 Å². The summed E-state index contributed by atoms with van der Waals surface area (Å²) in [5.74, 6) is 1.14. The van der Waals surface area contributed by atoms with Crippen LogP contribution < -0.4 is 0 Å². The molecule has 0 aliphatic carbocycles. The van der Waals surface area contributed by atoms with Gasteiger partial charge in [-0.15, -0.1) is 0 Å². The third-order valence-electron chi connectivity index (χ3n) is 1.62. The molecular weight excluding hydrogens is 272 g/mol. The Balaban J connectivity index is 2.71. The maximum absolute atomic E-state index is 11.3. The number of aromatic amines is 1. The van der Waals surface area contributed by atoms with E-state index in [1.165, 1.54) is 11.4 Å². The van der Waals surface area contributed by atoms with Gasteiger partial charge in [-0.05, 0) is 6.92 Å². The van der Waals surface area contributed by atoms with Gasteiger partial charge < -0.3 is 0 Å². The van der Waals surface area contributed by atoms with Gasteiger partial charge in [0.15, 0.2) is 5.82 Å². The summed E-state index contributed by atoms with van der Waals surface area (Å²) in [6, 6.07) is 0. The summed E-state index contributed by atoms with van der Waals surface area (Å²) < 4.78 is 23.7. The maximum atomic E-state index is 11.3. The Kier molecular flexibility index (Phi) is 3.62. The van der Waals surface area contributed by atoms with Crippen LogP contribution in [0.3, 0.4) is 0 Å². The van der Waals surface area contributed by atoms with Gasteiger partial charge in [0.1, 0.15) is 10.5 Å². The van der Waals surface area contributed by atoms with Gasteiger partial charge in [0.25, 0.3) is 0 Å². The third-order valence-corrected chi connectivity index (χ3v) is 4.71. The highest BCUT2D eigenvalue weighted by molar-refractivity contribution is 9.10. The number of nitrogens with zero attached hydrogens (tertiary/aromatic N) is 3. The molecule has 80 valence electrons. The van der Waals surface area contributed by atoms with Crippen LogP contribution in [0.15, 0.2) is 0 Å². The standard InChI is InChI=1S/C6H11BrN4O2S/c1-5-8-6(10-9-5)3-11(2)14(12,13)4-7/h3-4H2,1-2H3,(H,8,9,10). The van der Waals surface area contributed by atoms with Gasteiger partial charge in [0.05, 0.1) is 6.54 Å². The van der Waals surface area contributed by atoms with Crippen molar-refractivity contribution in [3.8, 4) is 0 Å². The molecule has 1 heterocycles. The lowest BCUT2D eigenvalue weighted by molar-refractivity contribution is 0.461. The van der Waals surface area contributed by atoms with Crippen molar-refractivity contribution in [3.63, 3.8) is 0 Å². The van der Waals surface area contributed by atoms with Crippen LogP contribution in [-0.2, 0) is 16.6 Å². The average Bonchev–Trinajstić information content (AvgIpc) is 2.51. The first-order chi connectivity index (χ1) is 6.45. The molecule has 0 saturated heterocycles. The molecule has 0 radical (unpaired) electrons. The first kappa shape index (κ1) is 11.6. The molecule has 0 amide bonds. The van der Waals surface area contributed by atoms with E-state index >= 15 is 0 Å². The number of rotatable bonds is 4. The topological polar surface area (TPSA) is 79.0 Å². The van der Waals surface area contributed by atoms with Gasteiger partial charge in [-0.25, -0.2) is 13.4 Å². The van der Waals surface area contributed by atoms with Crippen LogP contribution in [0.25, 0.3) is 0 Å². The minimum Gasteiger partial charge on any atom is -0.263 e. The summed E-state index contributed by atoms with van der Waals surface area (Å²) in [6.45, 7) is 1.94. The fourth-order valence-corrected chi connectivity index (χ4v) is 2.37. The zero-order valence-electron chi connectivity index (χ0n) is 7.86. The summed E-state index contributed by atoms with van der Waals surface area (Å²) >= 11 is 2.91. The maximum Gasteiger partial charge on any atom is 0.224 e. The zero-order chi connectivity index (χ0) is 10.8. The van der Waals surface area contributed by atoms with Crippen molar-refractivity contribution in [1.82, 2.24) is 19.5 Å². The molecule has 1 N–H and O–H groups in total. The number of H-pyrrole nitrogens is 1. The van der Waals surface area contributed by atoms with E-state index in [0.717, 1.165) is 0 Å². The molecule has 0 bridgehead atoms. The van der Waals surface area contributed by atoms with Gasteiger partial charge in [0, 0.05) is 7.05 Å². The highest BCUT2D eigenvalue weighted by Gasteiger charge is 2.17. The van der Waals surface area contributed by atoms with E-state index < -0.39 is 10.0 Å². The molecule has 0 spiro atoms. The number of hydrogen-bond acceptors (Lipinski definition) is 4. The lowest BCUT2D eigenvalue weighted by Crippen LogP contribution is -2.27. The van der Waals surface area contributed by atoms with Crippen LogP contribution in [0.2, 0.25) is 0 Å². The summed E-state index contributed by atoms with van der Waals surface area (Å²) in [4.78, 5) is 4.01. The molecule has 1 rings (SSSR count). The number of aryl methyl sites for hydroxylation is 1. The molecule has 8 heteroatoms. The second-order valence-corrected chi connectivity index (χ2v) is 6.19. The van der Waals surface area contributed by atoms with Gasteiger partial charge in [-0.3, -0.25) is 5.10 Å². The molecule has 1 aromatic rings. The zero-order valence-corrected chi connectivity index (χ0v) is 10.3. The van der Waals surface area contributed by atoms with Gasteiger partial charge in [0.2, 0.25) is 10.0 Å². The van der Waals surface area contributed by atoms with Crippen molar-refractivity contribution in [2.75, 3.05) is 11.7 Å². The minimum atomic E-state index is -3.23. The van der Waals surface area contributed by atoms with Gasteiger partial charge in [-0.1, -0.05) is 15.9 Å². The predicted octanol–water partition coefficient (Wildman–Crippen LogP) is 0.227. The van der Waals surface area contributed by atoms with Crippen molar-refractivity contribution < 1.29 is 8.42 Å². The van der Waals surface area contributed by atoms with E-state index in [0.29, 0.717) is 11.6 Å². The quantitative estimate of drug-likeness (QED) is 0.802. The Morgan fingerprint density at radius 3 is 2.64 bits per heavy atom. The van der Waals surface area contributed by atoms with E-state index in [9.17, 15) is 8.42 Å². The van der Waals surface area contributed by atoms with Crippen LogP contribution in [0, 0.1) is 6.92 Å². The molecule has 0 atom stereocenters. The monoisotopic (exact) mass is 282 g/mol. The molecule has 0 aliphatic rings. The Morgan fingerprint density at radius 2 is 2.21 bits per heavy atom. The largest absolute Gasteiger partial charge is 0.263 e. The average molecular weight is 283 g/mol. The fourth-order valence-electron chi connectivity index (χ4n) is 0.841. The third kappa shape index (κ3) is 2.76. The Labute approximate surface area is 90.9 Å². The van der Waals surface area contributed by atoms with E-state index in [1.54, 1.807) is 6.92 Å². The van der Waals surface area contributed by atoms with Crippen molar-refractivity contribution >= 4 is 26.0 Å². The molecule has 0 aliphatic heterocycles. The molecule has 0 aromatic carbocycles. The SMILES string of the molecule is Cc1nc(CN(C)S(=O)(=O)CBr)n[nH]1. The highest BCUT2D eigenvalue weighted by Crippen LogP contribution is 2.05. The van der Waals surface area contributed by atoms with Crippen molar-refractivity contribution in [2.24, 2.45) is 0 Å². The Bertz CT molecular complexity index is 402. The van der Waals surface area contributed by atoms with E-state index in [-0.39, 0.29) is 11.2 Å². The van der Waals surface area contributed by atoms with Crippen molar-refractivity contribution in [2.45, 2.75) is 13.5 Å². The van der Waals surface area contributed by atoms with E-state index in [2.05, 4.69) is 31.1 Å². The second-order valence-electron chi connectivity index (χ2n) is 2.81. The molecule has 14 heavy (non-hydrogen) atoms. The molecule has 0 saturated carbocycles. The lowest BCUT2D eigenvalue weighted by Gasteiger charge is -2.12. The molecular formula is C6H11BrN4O2S. The Morgan fingerprint density at radius 1 is 1.57 bits per heavy atom. The van der Waals surface area contributed by atoms with Crippen LogP contribution >= 0.6 is 15.9 Å². The molecule has 6 nitrogen and oxygen atoms in total. The first-order valence-corrected chi connectivity index (χ1v) is 6.56. The normalized spacial score (nSPS) is 12.3. The van der Waals surface area contributed by atoms with Crippen LogP contribution in [0.1, 0.15) is 11.6 Å². The number of nitrogens with one attached hydrogen (secondary N) is 1. The van der Waals surface area contributed by atoms with Crippen molar-refractivity contribution in [1.29, 1.82) is 0 Å². The first-order valence-electron chi connectivity index (χ1n) is 3.83. The minimum absolute atomic E-state index is 0.0973. The smallest absolute Gasteiger partial charge is 0.224 e. The second kappa shape index (κ2) is 4.37. The predicted molar refractivity (Wildman–Crippen MR) is 55.3 cm³/mol. The van der Waals surface area contributed by atoms with E-state index in [1.807, 2.05) is 0 Å². The summed E-state index contributed by atoms with van der Waals surface area (Å²) in [6.07, 6.45) is 0.